The van der Waals surface area contributed by atoms with Gasteiger partial charge in [-0.25, -0.2) is 9.78 Å². The monoisotopic (exact) mass is 411 g/mol. The van der Waals surface area contributed by atoms with Crippen molar-refractivity contribution in [3.8, 4) is 5.75 Å². The highest BCUT2D eigenvalue weighted by atomic mass is 16.5. The number of hydrogen-bond acceptors (Lipinski definition) is 5. The van der Waals surface area contributed by atoms with Gasteiger partial charge in [-0.05, 0) is 50.2 Å². The molecule has 0 aliphatic carbocycles. The number of carbonyl (C=O) groups excluding carboxylic acids is 2. The number of amides is 3. The highest BCUT2D eigenvalue weighted by Gasteiger charge is 2.21. The fraction of sp³-hybridized carbons (Fsp3) is 0.409. The van der Waals surface area contributed by atoms with Gasteiger partial charge in [0.2, 0.25) is 5.91 Å². The Hall–Kier alpha value is -3.29. The molecule has 0 unspecified atom stereocenters. The molecule has 1 fully saturated rings. The molecule has 2 N–H and O–H groups in total. The number of rotatable bonds is 7. The molecule has 0 saturated carbocycles. The van der Waals surface area contributed by atoms with Gasteiger partial charge in [-0.2, -0.15) is 0 Å². The Morgan fingerprint density at radius 1 is 1.07 bits per heavy atom. The van der Waals surface area contributed by atoms with E-state index in [-0.39, 0.29) is 24.5 Å². The largest absolute Gasteiger partial charge is 0.491 e. The average molecular weight is 412 g/mol. The fourth-order valence-corrected chi connectivity index (χ4v) is 3.23. The van der Waals surface area contributed by atoms with Crippen molar-refractivity contribution in [3.05, 3.63) is 48.7 Å². The molecule has 160 valence electrons. The number of nitrogens with zero attached hydrogens (tertiary/aromatic N) is 3. The van der Waals surface area contributed by atoms with Crippen LogP contribution in [-0.2, 0) is 4.79 Å². The molecule has 8 nitrogen and oxygen atoms in total. The third kappa shape index (κ3) is 6.37. The standard InChI is InChI=1S/C22H29N5O3/c1-17(2)30-19-8-6-18(7-9-19)25-22(29)24-12-10-21(28)27-15-13-26(14-16-27)20-5-3-4-11-23-20/h3-9,11,17H,10,12-16H2,1-2H3,(H2,24,25,29). The molecule has 3 amide bonds. The molecular weight excluding hydrogens is 382 g/mol. The van der Waals surface area contributed by atoms with Crippen LogP contribution in [0.15, 0.2) is 48.7 Å². The molecule has 1 aliphatic rings. The van der Waals surface area contributed by atoms with Crippen molar-refractivity contribution in [3.63, 3.8) is 0 Å². The van der Waals surface area contributed by atoms with Gasteiger partial charge in [-0.1, -0.05) is 6.07 Å². The summed E-state index contributed by atoms with van der Waals surface area (Å²) < 4.78 is 5.58. The first kappa shape index (κ1) is 21.4. The first-order chi connectivity index (χ1) is 14.5. The summed E-state index contributed by atoms with van der Waals surface area (Å²) in [4.78, 5) is 32.8. The van der Waals surface area contributed by atoms with Gasteiger partial charge in [0.15, 0.2) is 0 Å². The molecule has 1 saturated heterocycles. The molecule has 2 heterocycles. The minimum Gasteiger partial charge on any atom is -0.491 e. The van der Waals surface area contributed by atoms with Gasteiger partial charge in [0, 0.05) is 51.0 Å². The molecule has 0 bridgehead atoms. The van der Waals surface area contributed by atoms with E-state index in [4.69, 9.17) is 4.74 Å². The Morgan fingerprint density at radius 2 is 1.80 bits per heavy atom. The highest BCUT2D eigenvalue weighted by molar-refractivity contribution is 5.89. The highest BCUT2D eigenvalue weighted by Crippen LogP contribution is 2.17. The van der Waals surface area contributed by atoms with Crippen LogP contribution in [0.25, 0.3) is 0 Å². The third-order valence-corrected chi connectivity index (χ3v) is 4.71. The van der Waals surface area contributed by atoms with E-state index < -0.39 is 0 Å². The van der Waals surface area contributed by atoms with Crippen LogP contribution in [0.1, 0.15) is 20.3 Å². The zero-order valence-corrected chi connectivity index (χ0v) is 17.5. The van der Waals surface area contributed by atoms with E-state index in [2.05, 4.69) is 20.5 Å². The maximum Gasteiger partial charge on any atom is 0.319 e. The molecule has 30 heavy (non-hydrogen) atoms. The quantitative estimate of drug-likeness (QED) is 0.732. The normalized spacial score (nSPS) is 13.8. The van der Waals surface area contributed by atoms with E-state index in [9.17, 15) is 9.59 Å². The van der Waals surface area contributed by atoms with Crippen LogP contribution in [0.5, 0.6) is 5.75 Å². The number of urea groups is 1. The number of aromatic nitrogens is 1. The zero-order chi connectivity index (χ0) is 21.3. The Bertz CT molecular complexity index is 818. The smallest absolute Gasteiger partial charge is 0.319 e. The summed E-state index contributed by atoms with van der Waals surface area (Å²) in [5, 5.41) is 5.49. The summed E-state index contributed by atoms with van der Waals surface area (Å²) in [5.74, 6) is 1.74. The Kier molecular flexibility index (Phi) is 7.48. The summed E-state index contributed by atoms with van der Waals surface area (Å²) >= 11 is 0. The summed E-state index contributed by atoms with van der Waals surface area (Å²) in [6.07, 6.45) is 2.15. The van der Waals surface area contributed by atoms with Gasteiger partial charge < -0.3 is 25.2 Å². The summed E-state index contributed by atoms with van der Waals surface area (Å²) in [6, 6.07) is 12.7. The van der Waals surface area contributed by atoms with Gasteiger partial charge in [-0.3, -0.25) is 4.79 Å². The molecule has 0 spiro atoms. The Morgan fingerprint density at radius 3 is 2.43 bits per heavy atom. The minimum atomic E-state index is -0.333. The molecule has 3 rings (SSSR count). The molecule has 0 atom stereocenters. The summed E-state index contributed by atoms with van der Waals surface area (Å²) in [5.41, 5.74) is 0.667. The molecular formula is C22H29N5O3. The van der Waals surface area contributed by atoms with E-state index in [0.717, 1.165) is 24.7 Å². The second-order valence-corrected chi connectivity index (χ2v) is 7.38. The predicted molar refractivity (Wildman–Crippen MR) is 117 cm³/mol. The number of benzene rings is 1. The van der Waals surface area contributed by atoms with Crippen LogP contribution in [0, 0.1) is 0 Å². The van der Waals surface area contributed by atoms with Crippen LogP contribution < -0.4 is 20.3 Å². The van der Waals surface area contributed by atoms with Crippen molar-refractivity contribution >= 4 is 23.4 Å². The Labute approximate surface area is 177 Å². The SMILES string of the molecule is CC(C)Oc1ccc(NC(=O)NCCC(=O)N2CCN(c3ccccn3)CC2)cc1. The van der Waals surface area contributed by atoms with Gasteiger partial charge in [0.25, 0.3) is 0 Å². The van der Waals surface area contributed by atoms with Crippen molar-refractivity contribution in [2.24, 2.45) is 0 Å². The van der Waals surface area contributed by atoms with Crippen molar-refractivity contribution in [1.82, 2.24) is 15.2 Å². The number of pyridine rings is 1. The topological polar surface area (TPSA) is 86.8 Å². The van der Waals surface area contributed by atoms with Crippen molar-refractivity contribution in [2.75, 3.05) is 42.9 Å². The maximum absolute atomic E-state index is 12.4. The number of nitrogens with one attached hydrogen (secondary N) is 2. The number of carbonyl (C=O) groups is 2. The van der Waals surface area contributed by atoms with E-state index >= 15 is 0 Å². The Balaban J connectivity index is 1.35. The number of ether oxygens (including phenoxy) is 1. The maximum atomic E-state index is 12.4. The van der Waals surface area contributed by atoms with Crippen LogP contribution in [0.4, 0.5) is 16.3 Å². The van der Waals surface area contributed by atoms with Gasteiger partial charge in [-0.15, -0.1) is 0 Å². The second kappa shape index (κ2) is 10.5. The van der Waals surface area contributed by atoms with Crippen molar-refractivity contribution in [1.29, 1.82) is 0 Å². The first-order valence-electron chi connectivity index (χ1n) is 10.3. The van der Waals surface area contributed by atoms with Crippen LogP contribution >= 0.6 is 0 Å². The van der Waals surface area contributed by atoms with Crippen LogP contribution in [-0.4, -0.2) is 60.6 Å². The van der Waals surface area contributed by atoms with Gasteiger partial charge >= 0.3 is 6.03 Å². The third-order valence-electron chi connectivity index (χ3n) is 4.71. The fourth-order valence-electron chi connectivity index (χ4n) is 3.23. The van der Waals surface area contributed by atoms with E-state index in [0.29, 0.717) is 25.3 Å². The average Bonchev–Trinajstić information content (AvgIpc) is 2.75. The molecule has 1 aliphatic heterocycles. The van der Waals surface area contributed by atoms with E-state index in [1.807, 2.05) is 49.1 Å². The minimum absolute atomic E-state index is 0.0474. The van der Waals surface area contributed by atoms with Gasteiger partial charge in [0.1, 0.15) is 11.6 Å². The summed E-state index contributed by atoms with van der Waals surface area (Å²) in [7, 11) is 0. The van der Waals surface area contributed by atoms with Crippen LogP contribution in [0.2, 0.25) is 0 Å². The van der Waals surface area contributed by atoms with E-state index in [1.165, 1.54) is 0 Å². The lowest BCUT2D eigenvalue weighted by Crippen LogP contribution is -2.49. The van der Waals surface area contributed by atoms with Crippen LogP contribution in [0.3, 0.4) is 0 Å². The predicted octanol–water partition coefficient (Wildman–Crippen LogP) is 2.73. The number of piperazine rings is 1. The number of hydrogen-bond donors (Lipinski definition) is 2. The molecule has 8 heteroatoms. The zero-order valence-electron chi connectivity index (χ0n) is 17.5. The second-order valence-electron chi connectivity index (χ2n) is 7.38. The van der Waals surface area contributed by atoms with Gasteiger partial charge in [0.05, 0.1) is 6.10 Å². The molecule has 1 aromatic heterocycles. The lowest BCUT2D eigenvalue weighted by Gasteiger charge is -2.35. The lowest BCUT2D eigenvalue weighted by molar-refractivity contribution is -0.131. The number of anilines is 2. The molecule has 0 radical (unpaired) electrons. The van der Waals surface area contributed by atoms with Crippen molar-refractivity contribution in [2.45, 2.75) is 26.4 Å². The summed E-state index contributed by atoms with van der Waals surface area (Å²) in [6.45, 7) is 7.04. The molecule has 2 aromatic rings. The first-order valence-corrected chi connectivity index (χ1v) is 10.3. The lowest BCUT2D eigenvalue weighted by atomic mass is 10.2. The van der Waals surface area contributed by atoms with Crippen molar-refractivity contribution < 1.29 is 14.3 Å². The molecule has 1 aromatic carbocycles. The van der Waals surface area contributed by atoms with E-state index in [1.54, 1.807) is 18.3 Å².